The minimum atomic E-state index is -4.42. The van der Waals surface area contributed by atoms with Gasteiger partial charge in [0, 0.05) is 38.4 Å². The number of ether oxygens (including phenoxy) is 2. The van der Waals surface area contributed by atoms with E-state index < -0.39 is 17.3 Å². The van der Waals surface area contributed by atoms with Crippen molar-refractivity contribution in [2.24, 2.45) is 4.99 Å². The van der Waals surface area contributed by atoms with Gasteiger partial charge in [-0.3, -0.25) is 9.89 Å². The zero-order valence-electron chi connectivity index (χ0n) is 17.7. The number of morpholine rings is 1. The highest BCUT2D eigenvalue weighted by Crippen LogP contribution is 2.29. The lowest BCUT2D eigenvalue weighted by Crippen LogP contribution is -2.48. The Kier molecular flexibility index (Phi) is 11.8. The SMILES string of the molecule is CCNC(=NCC(C)(O)CN1CCOCC1)NCCOc1ccc(C(F)(F)F)cn1.I. The minimum absolute atomic E-state index is 0. The van der Waals surface area contributed by atoms with Crippen LogP contribution in [0, 0.1) is 0 Å². The fourth-order valence-corrected chi connectivity index (χ4v) is 2.84. The van der Waals surface area contributed by atoms with E-state index in [4.69, 9.17) is 9.47 Å². The highest BCUT2D eigenvalue weighted by atomic mass is 127. The molecule has 0 spiro atoms. The van der Waals surface area contributed by atoms with Crippen LogP contribution in [0.3, 0.4) is 0 Å². The van der Waals surface area contributed by atoms with E-state index in [-0.39, 0.29) is 43.0 Å². The van der Waals surface area contributed by atoms with Gasteiger partial charge in [0.05, 0.1) is 37.5 Å². The van der Waals surface area contributed by atoms with E-state index in [2.05, 4.69) is 25.5 Å². The van der Waals surface area contributed by atoms with Crippen LogP contribution in [0.2, 0.25) is 0 Å². The lowest BCUT2D eigenvalue weighted by atomic mass is 10.1. The van der Waals surface area contributed by atoms with Crippen molar-refractivity contribution in [1.82, 2.24) is 20.5 Å². The Morgan fingerprint density at radius 2 is 2.00 bits per heavy atom. The summed E-state index contributed by atoms with van der Waals surface area (Å²) in [6.45, 7) is 8.46. The molecule has 1 aromatic heterocycles. The van der Waals surface area contributed by atoms with Crippen molar-refractivity contribution in [2.75, 3.05) is 59.1 Å². The molecule has 31 heavy (non-hydrogen) atoms. The summed E-state index contributed by atoms with van der Waals surface area (Å²) in [6.07, 6.45) is -3.68. The molecule has 178 valence electrons. The maximum absolute atomic E-state index is 12.5. The lowest BCUT2D eigenvalue weighted by molar-refractivity contribution is -0.137. The molecule has 2 rings (SSSR count). The topological polar surface area (TPSA) is 91.2 Å². The van der Waals surface area contributed by atoms with E-state index in [9.17, 15) is 18.3 Å². The molecule has 3 N–H and O–H groups in total. The maximum Gasteiger partial charge on any atom is 0.417 e. The number of pyridine rings is 1. The van der Waals surface area contributed by atoms with E-state index in [1.165, 1.54) is 6.07 Å². The molecule has 0 saturated carbocycles. The molecule has 0 aliphatic carbocycles. The van der Waals surface area contributed by atoms with Crippen LogP contribution in [0.4, 0.5) is 13.2 Å². The van der Waals surface area contributed by atoms with Crippen molar-refractivity contribution in [2.45, 2.75) is 25.6 Å². The summed E-state index contributed by atoms with van der Waals surface area (Å²) in [7, 11) is 0. The van der Waals surface area contributed by atoms with Crippen molar-refractivity contribution in [3.05, 3.63) is 23.9 Å². The summed E-state index contributed by atoms with van der Waals surface area (Å²) >= 11 is 0. The van der Waals surface area contributed by atoms with Crippen LogP contribution >= 0.6 is 24.0 Å². The molecule has 1 aromatic rings. The molecule has 12 heteroatoms. The maximum atomic E-state index is 12.5. The van der Waals surface area contributed by atoms with E-state index in [1.54, 1.807) is 6.92 Å². The third-order valence-electron chi connectivity index (χ3n) is 4.30. The Labute approximate surface area is 197 Å². The molecule has 0 amide bonds. The number of hydrogen-bond acceptors (Lipinski definition) is 6. The number of β-amino-alcohol motifs (C(OH)–C–C–N with tert-alkyl or cyclic N) is 1. The average molecular weight is 561 g/mol. The summed E-state index contributed by atoms with van der Waals surface area (Å²) in [4.78, 5) is 10.2. The van der Waals surface area contributed by atoms with E-state index >= 15 is 0 Å². The molecule has 0 bridgehead atoms. The Morgan fingerprint density at radius 3 is 2.58 bits per heavy atom. The van der Waals surface area contributed by atoms with Gasteiger partial charge in [0.1, 0.15) is 6.61 Å². The number of nitrogens with zero attached hydrogens (tertiary/aromatic N) is 3. The van der Waals surface area contributed by atoms with Crippen molar-refractivity contribution >= 4 is 29.9 Å². The molecule has 1 aliphatic heterocycles. The first-order valence-electron chi connectivity index (χ1n) is 9.90. The highest BCUT2D eigenvalue weighted by molar-refractivity contribution is 14.0. The number of aromatic nitrogens is 1. The largest absolute Gasteiger partial charge is 0.476 e. The van der Waals surface area contributed by atoms with Crippen LogP contribution in [0.5, 0.6) is 5.88 Å². The number of nitrogens with one attached hydrogen (secondary N) is 2. The van der Waals surface area contributed by atoms with Crippen LogP contribution in [-0.2, 0) is 10.9 Å². The minimum Gasteiger partial charge on any atom is -0.476 e. The second-order valence-corrected chi connectivity index (χ2v) is 7.24. The van der Waals surface area contributed by atoms with Gasteiger partial charge in [-0.1, -0.05) is 0 Å². The number of rotatable bonds is 9. The van der Waals surface area contributed by atoms with Crippen molar-refractivity contribution in [1.29, 1.82) is 0 Å². The Bertz CT molecular complexity index is 669. The molecule has 1 saturated heterocycles. The third kappa shape index (κ3) is 10.7. The number of hydrogen-bond donors (Lipinski definition) is 3. The number of aliphatic imine (C=N–C) groups is 1. The molecular formula is C19H31F3IN5O3. The van der Waals surface area contributed by atoms with Crippen LogP contribution in [-0.4, -0.2) is 85.6 Å². The quantitative estimate of drug-likeness (QED) is 0.183. The Hall–Kier alpha value is -1.38. The molecule has 1 unspecified atom stereocenters. The molecule has 1 atom stereocenters. The predicted octanol–water partition coefficient (Wildman–Crippen LogP) is 1.74. The number of halogens is 4. The van der Waals surface area contributed by atoms with E-state index in [0.29, 0.717) is 38.8 Å². The van der Waals surface area contributed by atoms with Crippen molar-refractivity contribution in [3.8, 4) is 5.88 Å². The zero-order valence-corrected chi connectivity index (χ0v) is 20.1. The first-order chi connectivity index (χ1) is 14.2. The first-order valence-corrected chi connectivity index (χ1v) is 9.90. The van der Waals surface area contributed by atoms with Crippen LogP contribution in [0.25, 0.3) is 0 Å². The van der Waals surface area contributed by atoms with Gasteiger partial charge in [-0.25, -0.2) is 4.98 Å². The van der Waals surface area contributed by atoms with Crippen LogP contribution < -0.4 is 15.4 Å². The monoisotopic (exact) mass is 561 g/mol. The Balaban J connectivity index is 0.00000480. The molecule has 8 nitrogen and oxygen atoms in total. The number of guanidine groups is 1. The molecule has 0 aromatic carbocycles. The van der Waals surface area contributed by atoms with Gasteiger partial charge in [0.25, 0.3) is 0 Å². The Morgan fingerprint density at radius 1 is 1.29 bits per heavy atom. The summed E-state index contributed by atoms with van der Waals surface area (Å²) in [5.41, 5.74) is -1.81. The molecular weight excluding hydrogens is 530 g/mol. The predicted molar refractivity (Wildman–Crippen MR) is 122 cm³/mol. The van der Waals surface area contributed by atoms with Crippen molar-refractivity contribution < 1.29 is 27.8 Å². The van der Waals surface area contributed by atoms with Gasteiger partial charge in [0.2, 0.25) is 5.88 Å². The second-order valence-electron chi connectivity index (χ2n) is 7.24. The summed E-state index contributed by atoms with van der Waals surface area (Å²) in [5.74, 6) is 0.629. The van der Waals surface area contributed by atoms with Crippen LogP contribution in [0.15, 0.2) is 23.3 Å². The zero-order chi connectivity index (χ0) is 22.0. The molecule has 1 fully saturated rings. The summed E-state index contributed by atoms with van der Waals surface area (Å²) < 4.78 is 48.3. The number of alkyl halides is 3. The standard InChI is InChI=1S/C19H30F3N5O3.HI/c1-3-23-17(26-13-18(2,28)14-27-7-10-29-11-8-27)24-6-9-30-16-5-4-15(12-25-16)19(20,21)22;/h4-5,12,28H,3,6-11,13-14H2,1-2H3,(H2,23,24,26);1H. The average Bonchev–Trinajstić information content (AvgIpc) is 2.69. The van der Waals surface area contributed by atoms with Gasteiger partial charge in [-0.15, -0.1) is 24.0 Å². The van der Waals surface area contributed by atoms with Gasteiger partial charge in [-0.2, -0.15) is 13.2 Å². The van der Waals surface area contributed by atoms with Gasteiger partial charge < -0.3 is 25.2 Å². The van der Waals surface area contributed by atoms with Crippen molar-refractivity contribution in [3.63, 3.8) is 0 Å². The number of aliphatic hydroxyl groups is 1. The van der Waals surface area contributed by atoms with Crippen LogP contribution in [0.1, 0.15) is 19.4 Å². The van der Waals surface area contributed by atoms with Gasteiger partial charge in [-0.05, 0) is 19.9 Å². The molecule has 0 radical (unpaired) electrons. The van der Waals surface area contributed by atoms with Gasteiger partial charge >= 0.3 is 6.18 Å². The molecule has 2 heterocycles. The second kappa shape index (κ2) is 13.2. The highest BCUT2D eigenvalue weighted by Gasteiger charge is 2.30. The smallest absolute Gasteiger partial charge is 0.417 e. The summed E-state index contributed by atoms with van der Waals surface area (Å²) in [6, 6.07) is 2.11. The van der Waals surface area contributed by atoms with E-state index in [0.717, 1.165) is 25.4 Å². The third-order valence-corrected chi connectivity index (χ3v) is 4.30. The molecule has 1 aliphatic rings. The van der Waals surface area contributed by atoms with E-state index in [1.807, 2.05) is 6.92 Å². The lowest BCUT2D eigenvalue weighted by Gasteiger charge is -2.33. The van der Waals surface area contributed by atoms with Gasteiger partial charge in [0.15, 0.2) is 5.96 Å². The normalized spacial score (nSPS) is 17.4. The first kappa shape index (κ1) is 27.7. The fraction of sp³-hybridized carbons (Fsp3) is 0.684. The fourth-order valence-electron chi connectivity index (χ4n) is 2.84. The summed E-state index contributed by atoms with van der Waals surface area (Å²) in [5, 5.41) is 16.8.